The second-order valence-electron chi connectivity index (χ2n) is 3.53. The van der Waals surface area contributed by atoms with Crippen LogP contribution in [0.5, 0.6) is 0 Å². The standard InChI is InChI=1S/C10H18O3/c1-4-6-8(11)9-7-12-10(3,5-2)13-9/h7-8,11H,4-6H2,1-3H3. The fourth-order valence-electron chi connectivity index (χ4n) is 1.20. The van der Waals surface area contributed by atoms with Gasteiger partial charge in [0.1, 0.15) is 12.4 Å². The van der Waals surface area contributed by atoms with E-state index in [0.717, 1.165) is 19.3 Å². The Morgan fingerprint density at radius 3 is 2.69 bits per heavy atom. The lowest BCUT2D eigenvalue weighted by atomic mass is 10.2. The highest BCUT2D eigenvalue weighted by Crippen LogP contribution is 2.30. The molecule has 0 radical (unpaired) electrons. The number of rotatable bonds is 4. The molecule has 1 aliphatic heterocycles. The smallest absolute Gasteiger partial charge is 0.247 e. The van der Waals surface area contributed by atoms with Gasteiger partial charge in [0.2, 0.25) is 5.79 Å². The number of hydrogen-bond acceptors (Lipinski definition) is 3. The molecule has 1 N–H and O–H groups in total. The van der Waals surface area contributed by atoms with Crippen molar-refractivity contribution in [2.24, 2.45) is 0 Å². The topological polar surface area (TPSA) is 38.7 Å². The van der Waals surface area contributed by atoms with Gasteiger partial charge in [-0.05, 0) is 6.42 Å². The van der Waals surface area contributed by atoms with Crippen LogP contribution in [0.15, 0.2) is 12.0 Å². The molecule has 2 unspecified atom stereocenters. The lowest BCUT2D eigenvalue weighted by Gasteiger charge is -2.23. The van der Waals surface area contributed by atoms with E-state index in [-0.39, 0.29) is 0 Å². The van der Waals surface area contributed by atoms with Crippen molar-refractivity contribution in [2.45, 2.75) is 51.9 Å². The molecule has 3 nitrogen and oxygen atoms in total. The average molecular weight is 186 g/mol. The molecule has 0 aromatic rings. The van der Waals surface area contributed by atoms with Gasteiger partial charge in [-0.1, -0.05) is 20.3 Å². The lowest BCUT2D eigenvalue weighted by molar-refractivity contribution is -0.142. The van der Waals surface area contributed by atoms with Gasteiger partial charge < -0.3 is 14.6 Å². The molecule has 0 saturated carbocycles. The van der Waals surface area contributed by atoms with Crippen LogP contribution in [-0.2, 0) is 9.47 Å². The zero-order valence-corrected chi connectivity index (χ0v) is 8.54. The monoisotopic (exact) mass is 186 g/mol. The predicted molar refractivity (Wildman–Crippen MR) is 49.9 cm³/mol. The van der Waals surface area contributed by atoms with Crippen LogP contribution in [-0.4, -0.2) is 17.0 Å². The van der Waals surface area contributed by atoms with Gasteiger partial charge in [-0.25, -0.2) is 0 Å². The minimum Gasteiger partial charge on any atom is -0.457 e. The van der Waals surface area contributed by atoms with Gasteiger partial charge in [-0.2, -0.15) is 0 Å². The van der Waals surface area contributed by atoms with Gasteiger partial charge in [0, 0.05) is 13.3 Å². The Bertz CT molecular complexity index is 200. The molecule has 0 amide bonds. The summed E-state index contributed by atoms with van der Waals surface area (Å²) < 4.78 is 10.8. The predicted octanol–water partition coefficient (Wildman–Crippen LogP) is 2.16. The van der Waals surface area contributed by atoms with E-state index in [1.165, 1.54) is 6.26 Å². The van der Waals surface area contributed by atoms with E-state index in [1.54, 1.807) is 0 Å². The fraction of sp³-hybridized carbons (Fsp3) is 0.800. The molecule has 3 heteroatoms. The van der Waals surface area contributed by atoms with E-state index >= 15 is 0 Å². The molecular formula is C10H18O3. The van der Waals surface area contributed by atoms with Crippen LogP contribution >= 0.6 is 0 Å². The molecule has 0 aliphatic carbocycles. The molecule has 0 fully saturated rings. The Kier molecular flexibility index (Phi) is 3.20. The second-order valence-corrected chi connectivity index (χ2v) is 3.53. The minimum absolute atomic E-state index is 0.515. The van der Waals surface area contributed by atoms with E-state index in [9.17, 15) is 5.11 Å². The molecule has 1 heterocycles. The summed E-state index contributed by atoms with van der Waals surface area (Å²) in [7, 11) is 0. The van der Waals surface area contributed by atoms with Crippen LogP contribution < -0.4 is 0 Å². The maximum atomic E-state index is 9.60. The van der Waals surface area contributed by atoms with Crippen molar-refractivity contribution in [2.75, 3.05) is 0 Å². The number of hydrogen-bond donors (Lipinski definition) is 1. The van der Waals surface area contributed by atoms with Gasteiger partial charge >= 0.3 is 0 Å². The van der Waals surface area contributed by atoms with E-state index in [4.69, 9.17) is 9.47 Å². The third-order valence-electron chi connectivity index (χ3n) is 2.29. The van der Waals surface area contributed by atoms with Crippen LogP contribution in [0.2, 0.25) is 0 Å². The van der Waals surface area contributed by atoms with Crippen molar-refractivity contribution in [3.05, 3.63) is 12.0 Å². The Morgan fingerprint density at radius 1 is 1.54 bits per heavy atom. The van der Waals surface area contributed by atoms with Gasteiger partial charge in [0.25, 0.3) is 0 Å². The number of aliphatic hydroxyl groups excluding tert-OH is 1. The van der Waals surface area contributed by atoms with Crippen molar-refractivity contribution >= 4 is 0 Å². The maximum absolute atomic E-state index is 9.60. The van der Waals surface area contributed by atoms with Crippen molar-refractivity contribution in [3.63, 3.8) is 0 Å². The lowest BCUT2D eigenvalue weighted by Crippen LogP contribution is -2.26. The van der Waals surface area contributed by atoms with Gasteiger partial charge in [-0.3, -0.25) is 0 Å². The second kappa shape index (κ2) is 4.01. The van der Waals surface area contributed by atoms with Crippen LogP contribution in [0.25, 0.3) is 0 Å². The summed E-state index contributed by atoms with van der Waals surface area (Å²) in [6.45, 7) is 5.89. The highest BCUT2D eigenvalue weighted by Gasteiger charge is 2.33. The molecular weight excluding hydrogens is 168 g/mol. The van der Waals surface area contributed by atoms with Crippen LogP contribution in [0.3, 0.4) is 0 Å². The van der Waals surface area contributed by atoms with Crippen molar-refractivity contribution in [1.29, 1.82) is 0 Å². The van der Waals surface area contributed by atoms with Crippen molar-refractivity contribution < 1.29 is 14.6 Å². The molecule has 0 aromatic carbocycles. The summed E-state index contributed by atoms with van der Waals surface area (Å²) in [5.74, 6) is -0.00413. The normalized spacial score (nSPS) is 29.1. The molecule has 0 aromatic heterocycles. The van der Waals surface area contributed by atoms with Crippen molar-refractivity contribution in [1.82, 2.24) is 0 Å². The zero-order chi connectivity index (χ0) is 9.90. The van der Waals surface area contributed by atoms with Gasteiger partial charge in [-0.15, -0.1) is 0 Å². The summed E-state index contributed by atoms with van der Waals surface area (Å²) in [4.78, 5) is 0. The summed E-state index contributed by atoms with van der Waals surface area (Å²) in [5, 5.41) is 9.60. The van der Waals surface area contributed by atoms with Gasteiger partial charge in [0.15, 0.2) is 5.76 Å². The number of ether oxygens (including phenoxy) is 2. The van der Waals surface area contributed by atoms with Crippen molar-refractivity contribution in [3.8, 4) is 0 Å². The highest BCUT2D eigenvalue weighted by atomic mass is 16.7. The van der Waals surface area contributed by atoms with E-state index < -0.39 is 11.9 Å². The van der Waals surface area contributed by atoms with Gasteiger partial charge in [0.05, 0.1) is 0 Å². The Hall–Kier alpha value is -0.700. The summed E-state index contributed by atoms with van der Waals surface area (Å²) in [5.41, 5.74) is 0. The highest BCUT2D eigenvalue weighted by molar-refractivity contribution is 5.01. The minimum atomic E-state index is -0.565. The molecule has 76 valence electrons. The molecule has 0 spiro atoms. The summed E-state index contributed by atoms with van der Waals surface area (Å²) in [6.07, 6.45) is 3.44. The van der Waals surface area contributed by atoms with E-state index in [2.05, 4.69) is 0 Å². The molecule has 1 aliphatic rings. The SMILES string of the molecule is CCCC(O)C1=COC(C)(CC)O1. The summed E-state index contributed by atoms with van der Waals surface area (Å²) in [6, 6.07) is 0. The summed E-state index contributed by atoms with van der Waals surface area (Å²) >= 11 is 0. The van der Waals surface area contributed by atoms with E-state index in [1.807, 2.05) is 20.8 Å². The molecule has 1 rings (SSSR count). The third kappa shape index (κ3) is 2.37. The average Bonchev–Trinajstić information content (AvgIpc) is 2.50. The van der Waals surface area contributed by atoms with E-state index in [0.29, 0.717) is 5.76 Å². The Balaban J connectivity index is 2.48. The maximum Gasteiger partial charge on any atom is 0.247 e. The molecule has 0 bridgehead atoms. The fourth-order valence-corrected chi connectivity index (χ4v) is 1.20. The molecule has 0 saturated heterocycles. The molecule has 2 atom stereocenters. The van der Waals surface area contributed by atoms with Crippen LogP contribution in [0, 0.1) is 0 Å². The first-order chi connectivity index (χ1) is 6.11. The van der Waals surface area contributed by atoms with Crippen LogP contribution in [0.4, 0.5) is 0 Å². The third-order valence-corrected chi connectivity index (χ3v) is 2.29. The first-order valence-corrected chi connectivity index (χ1v) is 4.86. The largest absolute Gasteiger partial charge is 0.457 e. The number of aliphatic hydroxyl groups is 1. The quantitative estimate of drug-likeness (QED) is 0.731. The Labute approximate surface area is 79.3 Å². The first kappa shape index (κ1) is 10.4. The first-order valence-electron chi connectivity index (χ1n) is 4.86. The molecule has 13 heavy (non-hydrogen) atoms. The zero-order valence-electron chi connectivity index (χ0n) is 8.54. The Morgan fingerprint density at radius 2 is 2.23 bits per heavy atom. The van der Waals surface area contributed by atoms with Crippen LogP contribution in [0.1, 0.15) is 40.0 Å².